The van der Waals surface area contributed by atoms with Crippen molar-refractivity contribution in [2.45, 2.75) is 0 Å². The predicted molar refractivity (Wildman–Crippen MR) is 89.0 cm³/mol. The van der Waals surface area contributed by atoms with Gasteiger partial charge < -0.3 is 10.2 Å². The molecule has 0 aliphatic rings. The monoisotopic (exact) mass is 445 g/mol. The Morgan fingerprint density at radius 1 is 0.957 bits per heavy atom. The number of benzene rings is 2. The van der Waals surface area contributed by atoms with Crippen LogP contribution in [-0.4, -0.2) is 27.7 Å². The lowest BCUT2D eigenvalue weighted by atomic mass is 10.2. The smallest absolute Gasteiger partial charge is 0.312 e. The van der Waals surface area contributed by atoms with Gasteiger partial charge in [-0.2, -0.15) is 0 Å². The fraction of sp³-hybridized carbons (Fsp3) is 0. The molecule has 2 aromatic rings. The van der Waals surface area contributed by atoms with E-state index >= 15 is 0 Å². The fourth-order valence-corrected chi connectivity index (χ4v) is 2.27. The van der Waals surface area contributed by atoms with Crippen molar-refractivity contribution in [1.82, 2.24) is 0 Å². The van der Waals surface area contributed by atoms with Crippen molar-refractivity contribution in [2.24, 2.45) is 0 Å². The standard InChI is InChI=1S/C7H4BrNO4.C7H5BrO2/c8-5-1-4(3-10)2-6(7(5)11)9(12)13;8-6-3-5(4-9)1-2-7(6)10/h1-3,11H;1-4,10H. The lowest BCUT2D eigenvalue weighted by Crippen LogP contribution is -1.91. The minimum Gasteiger partial charge on any atom is -0.507 e. The van der Waals surface area contributed by atoms with E-state index in [0.29, 0.717) is 16.3 Å². The summed E-state index contributed by atoms with van der Waals surface area (Å²) in [6.45, 7) is 0. The van der Waals surface area contributed by atoms with Crippen LogP contribution >= 0.6 is 31.9 Å². The van der Waals surface area contributed by atoms with Gasteiger partial charge in [0.1, 0.15) is 18.3 Å². The highest BCUT2D eigenvalue weighted by molar-refractivity contribution is 9.10. The van der Waals surface area contributed by atoms with Gasteiger partial charge in [0.25, 0.3) is 0 Å². The molecule has 0 spiro atoms. The van der Waals surface area contributed by atoms with Gasteiger partial charge >= 0.3 is 5.69 Å². The predicted octanol–water partition coefficient (Wildman–Crippen LogP) is 3.84. The summed E-state index contributed by atoms with van der Waals surface area (Å²) < 4.78 is 0.668. The zero-order valence-corrected chi connectivity index (χ0v) is 14.4. The molecular formula is C14H9Br2NO6. The van der Waals surface area contributed by atoms with Crippen LogP contribution < -0.4 is 0 Å². The van der Waals surface area contributed by atoms with Crippen LogP contribution in [0.1, 0.15) is 20.7 Å². The molecule has 23 heavy (non-hydrogen) atoms. The SMILES string of the molecule is O=Cc1cc(Br)c(O)c([N+](=O)[O-])c1.O=Cc1ccc(O)c(Br)c1. The lowest BCUT2D eigenvalue weighted by Gasteiger charge is -1.99. The maximum atomic E-state index is 10.4. The maximum absolute atomic E-state index is 10.4. The van der Waals surface area contributed by atoms with Crippen molar-refractivity contribution < 1.29 is 24.7 Å². The first-order valence-corrected chi connectivity index (χ1v) is 7.44. The molecule has 0 aliphatic heterocycles. The second-order valence-corrected chi connectivity index (χ2v) is 5.78. The van der Waals surface area contributed by atoms with Crippen LogP contribution in [0, 0.1) is 10.1 Å². The largest absolute Gasteiger partial charge is 0.507 e. The van der Waals surface area contributed by atoms with E-state index in [1.807, 2.05) is 0 Å². The molecule has 9 heteroatoms. The van der Waals surface area contributed by atoms with Gasteiger partial charge in [0.15, 0.2) is 0 Å². The molecule has 0 unspecified atom stereocenters. The highest BCUT2D eigenvalue weighted by atomic mass is 79.9. The molecule has 0 fully saturated rings. The van der Waals surface area contributed by atoms with Crippen molar-refractivity contribution in [1.29, 1.82) is 0 Å². The Hall–Kier alpha value is -2.26. The van der Waals surface area contributed by atoms with Gasteiger partial charge in [0.2, 0.25) is 5.75 Å². The van der Waals surface area contributed by atoms with Crippen LogP contribution in [0.25, 0.3) is 0 Å². The van der Waals surface area contributed by atoms with E-state index in [1.54, 1.807) is 12.1 Å². The summed E-state index contributed by atoms with van der Waals surface area (Å²) in [6.07, 6.45) is 1.20. The summed E-state index contributed by atoms with van der Waals surface area (Å²) in [6, 6.07) is 6.88. The van der Waals surface area contributed by atoms with Crippen molar-refractivity contribution in [3.63, 3.8) is 0 Å². The molecule has 0 atom stereocenters. The van der Waals surface area contributed by atoms with Gasteiger partial charge in [0, 0.05) is 17.2 Å². The number of nitro groups is 1. The van der Waals surface area contributed by atoms with Gasteiger partial charge in [-0.3, -0.25) is 19.7 Å². The summed E-state index contributed by atoms with van der Waals surface area (Å²) in [4.78, 5) is 30.1. The number of aldehydes is 2. The summed E-state index contributed by atoms with van der Waals surface area (Å²) in [5.74, 6) is -0.332. The first kappa shape index (κ1) is 18.8. The molecule has 2 N–H and O–H groups in total. The van der Waals surface area contributed by atoms with E-state index in [2.05, 4.69) is 31.9 Å². The molecule has 0 bridgehead atoms. The first-order chi connectivity index (χ1) is 10.8. The van der Waals surface area contributed by atoms with Gasteiger partial charge in [0.05, 0.1) is 13.9 Å². The second kappa shape index (κ2) is 8.39. The number of hydrogen-bond acceptors (Lipinski definition) is 6. The summed E-state index contributed by atoms with van der Waals surface area (Å²) >= 11 is 5.97. The Morgan fingerprint density at radius 3 is 2.00 bits per heavy atom. The number of hydrogen-bond donors (Lipinski definition) is 2. The molecule has 0 radical (unpaired) electrons. The Bertz CT molecular complexity index is 763. The van der Waals surface area contributed by atoms with Gasteiger partial charge in [-0.05, 0) is 56.1 Å². The van der Waals surface area contributed by atoms with Crippen molar-refractivity contribution in [3.05, 3.63) is 60.5 Å². The van der Waals surface area contributed by atoms with Crippen LogP contribution in [0.15, 0.2) is 39.3 Å². The van der Waals surface area contributed by atoms with Crippen LogP contribution in [-0.2, 0) is 0 Å². The molecule has 0 heterocycles. The number of carbonyl (C=O) groups is 2. The Kier molecular flexibility index (Phi) is 6.86. The normalized spacial score (nSPS) is 9.48. The summed E-state index contributed by atoms with van der Waals surface area (Å²) in [5.41, 5.74) is 0.192. The molecule has 2 aromatic carbocycles. The van der Waals surface area contributed by atoms with E-state index in [-0.39, 0.29) is 15.8 Å². The molecule has 0 aromatic heterocycles. The van der Waals surface area contributed by atoms with Gasteiger partial charge in [-0.25, -0.2) is 0 Å². The number of aromatic hydroxyl groups is 2. The number of phenols is 2. The number of rotatable bonds is 3. The zero-order valence-electron chi connectivity index (χ0n) is 11.3. The van der Waals surface area contributed by atoms with E-state index < -0.39 is 16.4 Å². The quantitative estimate of drug-likeness (QED) is 0.420. The zero-order chi connectivity index (χ0) is 17.6. The number of nitrogens with zero attached hydrogens (tertiary/aromatic N) is 1. The Balaban J connectivity index is 0.000000238. The maximum Gasteiger partial charge on any atom is 0.312 e. The number of carbonyl (C=O) groups excluding carboxylic acids is 2. The molecule has 0 amide bonds. The molecular weight excluding hydrogens is 438 g/mol. The van der Waals surface area contributed by atoms with Crippen LogP contribution in [0.3, 0.4) is 0 Å². The molecule has 120 valence electrons. The third-order valence-electron chi connectivity index (χ3n) is 2.51. The highest BCUT2D eigenvalue weighted by Gasteiger charge is 2.17. The number of nitro benzene ring substituents is 1. The minimum atomic E-state index is -0.757. The third-order valence-corrected chi connectivity index (χ3v) is 3.75. The molecule has 0 saturated heterocycles. The van der Waals surface area contributed by atoms with E-state index in [9.17, 15) is 24.8 Å². The Labute approximate surface area is 147 Å². The van der Waals surface area contributed by atoms with Crippen molar-refractivity contribution in [2.75, 3.05) is 0 Å². The number of phenolic OH excluding ortho intramolecular Hbond substituents is 2. The molecule has 0 saturated carbocycles. The third kappa shape index (κ3) is 5.15. The van der Waals surface area contributed by atoms with Crippen LogP contribution in [0.5, 0.6) is 11.5 Å². The summed E-state index contributed by atoms with van der Waals surface area (Å²) in [5, 5.41) is 28.5. The van der Waals surface area contributed by atoms with Crippen LogP contribution in [0.4, 0.5) is 5.69 Å². The topological polar surface area (TPSA) is 118 Å². The molecule has 0 aliphatic carbocycles. The molecule has 7 nitrogen and oxygen atoms in total. The van der Waals surface area contributed by atoms with Crippen molar-refractivity contribution in [3.8, 4) is 11.5 Å². The van der Waals surface area contributed by atoms with Crippen molar-refractivity contribution >= 4 is 50.1 Å². The van der Waals surface area contributed by atoms with E-state index in [0.717, 1.165) is 12.4 Å². The minimum absolute atomic E-state index is 0.129. The Morgan fingerprint density at radius 2 is 1.52 bits per heavy atom. The van der Waals surface area contributed by atoms with Crippen LogP contribution in [0.2, 0.25) is 0 Å². The number of halogens is 2. The average Bonchev–Trinajstić information content (AvgIpc) is 2.52. The summed E-state index contributed by atoms with van der Waals surface area (Å²) in [7, 11) is 0. The van der Waals surface area contributed by atoms with Gasteiger partial charge in [-0.1, -0.05) is 0 Å². The highest BCUT2D eigenvalue weighted by Crippen LogP contribution is 2.34. The molecule has 2 rings (SSSR count). The average molecular weight is 447 g/mol. The fourth-order valence-electron chi connectivity index (χ4n) is 1.41. The lowest BCUT2D eigenvalue weighted by molar-refractivity contribution is -0.386. The van der Waals surface area contributed by atoms with E-state index in [4.69, 9.17) is 5.11 Å². The van der Waals surface area contributed by atoms with E-state index in [1.165, 1.54) is 12.1 Å². The first-order valence-electron chi connectivity index (χ1n) is 5.86. The second-order valence-electron chi connectivity index (χ2n) is 4.07. The van der Waals surface area contributed by atoms with Gasteiger partial charge in [-0.15, -0.1) is 0 Å².